The highest BCUT2D eigenvalue weighted by molar-refractivity contribution is 5.75. The number of hydrogen-bond donors (Lipinski definition) is 0. The van der Waals surface area contributed by atoms with Crippen LogP contribution < -0.4 is 0 Å². The van der Waals surface area contributed by atoms with E-state index in [1.807, 2.05) is 18.2 Å². The van der Waals surface area contributed by atoms with Crippen molar-refractivity contribution in [3.8, 4) is 0 Å². The molecule has 0 amide bonds. The van der Waals surface area contributed by atoms with Crippen molar-refractivity contribution in [1.29, 1.82) is 0 Å². The minimum absolute atomic E-state index is 0.168. The maximum atomic E-state index is 13.0. The molecule has 0 aliphatic carbocycles. The van der Waals surface area contributed by atoms with Gasteiger partial charge in [0, 0.05) is 7.05 Å². The Hall–Kier alpha value is -2.20. The van der Waals surface area contributed by atoms with Gasteiger partial charge in [-0.25, -0.2) is 9.37 Å². The van der Waals surface area contributed by atoms with Crippen LogP contribution in [0.2, 0.25) is 0 Å². The molecular formula is C21H26FN3. The molecule has 0 unspecified atom stereocenters. The molecule has 0 radical (unpaired) electrons. The predicted molar refractivity (Wildman–Crippen MR) is 101 cm³/mol. The van der Waals surface area contributed by atoms with Crippen LogP contribution in [0.25, 0.3) is 11.0 Å². The Morgan fingerprint density at radius 3 is 2.52 bits per heavy atom. The number of halogens is 1. The highest BCUT2D eigenvalue weighted by Crippen LogP contribution is 2.16. The molecule has 0 spiro atoms. The summed E-state index contributed by atoms with van der Waals surface area (Å²) in [4.78, 5) is 7.25. The van der Waals surface area contributed by atoms with E-state index in [0.29, 0.717) is 0 Å². The van der Waals surface area contributed by atoms with Crippen molar-refractivity contribution in [2.24, 2.45) is 7.05 Å². The molecule has 0 aliphatic heterocycles. The zero-order valence-corrected chi connectivity index (χ0v) is 15.1. The van der Waals surface area contributed by atoms with E-state index in [1.165, 1.54) is 11.1 Å². The maximum Gasteiger partial charge on any atom is 0.123 e. The molecule has 0 atom stereocenters. The normalized spacial score (nSPS) is 11.5. The van der Waals surface area contributed by atoms with E-state index in [9.17, 15) is 4.39 Å². The molecule has 3 aromatic rings. The van der Waals surface area contributed by atoms with Crippen molar-refractivity contribution in [2.45, 2.75) is 32.7 Å². The molecule has 0 saturated heterocycles. The Kier molecular flexibility index (Phi) is 5.82. The quantitative estimate of drug-likeness (QED) is 0.600. The Morgan fingerprint density at radius 2 is 1.80 bits per heavy atom. The molecule has 0 N–H and O–H groups in total. The van der Waals surface area contributed by atoms with Crippen LogP contribution in [-0.2, 0) is 20.0 Å². The minimum atomic E-state index is -0.168. The van der Waals surface area contributed by atoms with Crippen molar-refractivity contribution in [3.63, 3.8) is 0 Å². The minimum Gasteiger partial charge on any atom is -0.330 e. The van der Waals surface area contributed by atoms with E-state index >= 15 is 0 Å². The monoisotopic (exact) mass is 339 g/mol. The van der Waals surface area contributed by atoms with Gasteiger partial charge in [-0.1, -0.05) is 31.2 Å². The number of rotatable bonds is 8. The lowest BCUT2D eigenvalue weighted by molar-refractivity contribution is 0.254. The first kappa shape index (κ1) is 17.6. The van der Waals surface area contributed by atoms with E-state index in [2.05, 4.69) is 41.6 Å². The van der Waals surface area contributed by atoms with Crippen molar-refractivity contribution in [2.75, 3.05) is 13.1 Å². The van der Waals surface area contributed by atoms with Gasteiger partial charge in [0.2, 0.25) is 0 Å². The summed E-state index contributed by atoms with van der Waals surface area (Å²) >= 11 is 0. The average Bonchev–Trinajstić information content (AvgIpc) is 2.93. The summed E-state index contributed by atoms with van der Waals surface area (Å²) in [7, 11) is 2.09. The van der Waals surface area contributed by atoms with Gasteiger partial charge < -0.3 is 4.57 Å². The number of hydrogen-bond acceptors (Lipinski definition) is 2. The van der Waals surface area contributed by atoms with Gasteiger partial charge in [0.25, 0.3) is 0 Å². The molecule has 132 valence electrons. The standard InChI is InChI=1S/C21H26FN3/c1-3-14-25(15-6-7-17-10-12-18(22)13-11-17)16-21-23-19-8-4-5-9-20(19)24(21)2/h4-5,8-13H,3,6-7,14-16H2,1-2H3. The van der Waals surface area contributed by atoms with Crippen LogP contribution in [0.5, 0.6) is 0 Å². The van der Waals surface area contributed by atoms with Crippen molar-refractivity contribution >= 4 is 11.0 Å². The van der Waals surface area contributed by atoms with Gasteiger partial charge in [-0.2, -0.15) is 0 Å². The van der Waals surface area contributed by atoms with Gasteiger partial charge in [0.15, 0.2) is 0 Å². The third-order valence-corrected chi connectivity index (χ3v) is 4.64. The summed E-state index contributed by atoms with van der Waals surface area (Å²) in [6.07, 6.45) is 3.17. The third kappa shape index (κ3) is 4.45. The lowest BCUT2D eigenvalue weighted by atomic mass is 10.1. The van der Waals surface area contributed by atoms with Gasteiger partial charge in [-0.3, -0.25) is 4.90 Å². The van der Waals surface area contributed by atoms with E-state index in [0.717, 1.165) is 50.2 Å². The number of nitrogens with zero attached hydrogens (tertiary/aromatic N) is 3. The first-order valence-electron chi connectivity index (χ1n) is 9.04. The van der Waals surface area contributed by atoms with Crippen LogP contribution in [0.15, 0.2) is 48.5 Å². The van der Waals surface area contributed by atoms with E-state index < -0.39 is 0 Å². The van der Waals surface area contributed by atoms with E-state index in [1.54, 1.807) is 12.1 Å². The lowest BCUT2D eigenvalue weighted by Gasteiger charge is -2.21. The summed E-state index contributed by atoms with van der Waals surface area (Å²) in [5.74, 6) is 0.939. The first-order valence-corrected chi connectivity index (χ1v) is 9.04. The Bertz CT molecular complexity index is 808. The molecule has 25 heavy (non-hydrogen) atoms. The molecule has 1 heterocycles. The van der Waals surface area contributed by atoms with Crippen LogP contribution >= 0.6 is 0 Å². The third-order valence-electron chi connectivity index (χ3n) is 4.64. The Balaban J connectivity index is 1.62. The fourth-order valence-electron chi connectivity index (χ4n) is 3.28. The van der Waals surface area contributed by atoms with Gasteiger partial charge in [-0.05, 0) is 62.2 Å². The summed E-state index contributed by atoms with van der Waals surface area (Å²) in [5.41, 5.74) is 3.43. The number of para-hydroxylation sites is 2. The summed E-state index contributed by atoms with van der Waals surface area (Å²) in [6, 6.07) is 15.1. The molecule has 3 rings (SSSR count). The summed E-state index contributed by atoms with van der Waals surface area (Å²) in [5, 5.41) is 0. The second-order valence-corrected chi connectivity index (χ2v) is 6.58. The average molecular weight is 339 g/mol. The van der Waals surface area contributed by atoms with Crippen LogP contribution in [0.3, 0.4) is 0 Å². The first-order chi connectivity index (χ1) is 12.2. The summed E-state index contributed by atoms with van der Waals surface area (Å²) < 4.78 is 15.2. The van der Waals surface area contributed by atoms with Gasteiger partial charge in [0.1, 0.15) is 11.6 Å². The van der Waals surface area contributed by atoms with Crippen molar-refractivity contribution in [3.05, 3.63) is 65.7 Å². The van der Waals surface area contributed by atoms with Gasteiger partial charge in [0.05, 0.1) is 17.6 Å². The van der Waals surface area contributed by atoms with Crippen LogP contribution in [0, 0.1) is 5.82 Å². The summed E-state index contributed by atoms with van der Waals surface area (Å²) in [6.45, 7) is 5.16. The Labute approximate surface area is 149 Å². The number of aryl methyl sites for hydroxylation is 2. The van der Waals surface area contributed by atoms with Gasteiger partial charge in [-0.15, -0.1) is 0 Å². The number of fused-ring (bicyclic) bond motifs is 1. The SMILES string of the molecule is CCCN(CCCc1ccc(F)cc1)Cc1nc2ccccc2n1C. The zero-order chi connectivity index (χ0) is 17.6. The number of aromatic nitrogens is 2. The molecule has 0 aliphatic rings. The highest BCUT2D eigenvalue weighted by atomic mass is 19.1. The maximum absolute atomic E-state index is 13.0. The molecule has 4 heteroatoms. The molecule has 2 aromatic carbocycles. The van der Waals surface area contributed by atoms with E-state index in [4.69, 9.17) is 4.98 Å². The Morgan fingerprint density at radius 1 is 1.04 bits per heavy atom. The highest BCUT2D eigenvalue weighted by Gasteiger charge is 2.11. The number of benzene rings is 2. The molecule has 1 aromatic heterocycles. The second kappa shape index (κ2) is 8.26. The van der Waals surface area contributed by atoms with Crippen molar-refractivity contribution < 1.29 is 4.39 Å². The molecule has 0 fully saturated rings. The zero-order valence-electron chi connectivity index (χ0n) is 15.1. The van der Waals surface area contributed by atoms with Crippen LogP contribution in [0.4, 0.5) is 4.39 Å². The fraction of sp³-hybridized carbons (Fsp3) is 0.381. The smallest absolute Gasteiger partial charge is 0.123 e. The van der Waals surface area contributed by atoms with Gasteiger partial charge >= 0.3 is 0 Å². The largest absolute Gasteiger partial charge is 0.330 e. The van der Waals surface area contributed by atoms with Crippen LogP contribution in [-0.4, -0.2) is 27.5 Å². The second-order valence-electron chi connectivity index (χ2n) is 6.58. The topological polar surface area (TPSA) is 21.1 Å². The molecule has 0 saturated carbocycles. The molecule has 0 bridgehead atoms. The van der Waals surface area contributed by atoms with Crippen LogP contribution in [0.1, 0.15) is 31.2 Å². The number of imidazole rings is 1. The predicted octanol–water partition coefficient (Wildman–Crippen LogP) is 4.56. The van der Waals surface area contributed by atoms with Crippen molar-refractivity contribution in [1.82, 2.24) is 14.5 Å². The van der Waals surface area contributed by atoms with E-state index in [-0.39, 0.29) is 5.82 Å². The molecule has 3 nitrogen and oxygen atoms in total. The fourth-order valence-corrected chi connectivity index (χ4v) is 3.28. The molecular weight excluding hydrogens is 313 g/mol. The lowest BCUT2D eigenvalue weighted by Crippen LogP contribution is -2.27.